The van der Waals surface area contributed by atoms with E-state index in [4.69, 9.17) is 10.6 Å². The fourth-order valence-electron chi connectivity index (χ4n) is 1.02. The highest BCUT2D eigenvalue weighted by molar-refractivity contribution is 5.95. The van der Waals surface area contributed by atoms with Crippen molar-refractivity contribution in [3.8, 4) is 0 Å². The van der Waals surface area contributed by atoms with Crippen LogP contribution in [0.2, 0.25) is 0 Å². The number of carbonyl (C=O) groups is 1. The van der Waals surface area contributed by atoms with Gasteiger partial charge >= 0.3 is 0 Å². The van der Waals surface area contributed by atoms with Gasteiger partial charge in [0.05, 0.1) is 30.3 Å². The van der Waals surface area contributed by atoms with E-state index in [9.17, 15) is 4.79 Å². The van der Waals surface area contributed by atoms with Gasteiger partial charge in [-0.05, 0) is 13.0 Å². The molecule has 0 aromatic carbocycles. The van der Waals surface area contributed by atoms with E-state index in [1.165, 1.54) is 20.4 Å². The molecule has 0 aliphatic heterocycles. The topological polar surface area (TPSA) is 68.5 Å². The lowest BCUT2D eigenvalue weighted by Gasteiger charge is -2.14. The maximum atomic E-state index is 11.7. The highest BCUT2D eigenvalue weighted by Gasteiger charge is 2.14. The van der Waals surface area contributed by atoms with Gasteiger partial charge in [-0.2, -0.15) is 0 Å². The zero-order valence-corrected chi connectivity index (χ0v) is 8.44. The standard InChI is InChI=1S/C9H13N3O2/c1-6-8(4-7(10)5-11-6)9(13)12(2)14-3/h4-5H,10H2,1-3H3. The number of hydrogen-bond donors (Lipinski definition) is 1. The molecule has 0 radical (unpaired) electrons. The molecule has 2 N–H and O–H groups in total. The van der Waals surface area contributed by atoms with Crippen LogP contribution >= 0.6 is 0 Å². The summed E-state index contributed by atoms with van der Waals surface area (Å²) in [5.41, 5.74) is 7.08. The molecule has 1 rings (SSSR count). The molecular weight excluding hydrogens is 182 g/mol. The zero-order valence-electron chi connectivity index (χ0n) is 8.44. The van der Waals surface area contributed by atoms with Crippen LogP contribution in [0.3, 0.4) is 0 Å². The van der Waals surface area contributed by atoms with Crippen molar-refractivity contribution in [2.24, 2.45) is 0 Å². The van der Waals surface area contributed by atoms with Crippen molar-refractivity contribution in [3.05, 3.63) is 23.5 Å². The second-order valence-electron chi connectivity index (χ2n) is 2.89. The molecule has 76 valence electrons. The Hall–Kier alpha value is -1.62. The van der Waals surface area contributed by atoms with E-state index in [2.05, 4.69) is 4.98 Å². The lowest BCUT2D eigenvalue weighted by atomic mass is 10.2. The normalized spacial score (nSPS) is 9.93. The summed E-state index contributed by atoms with van der Waals surface area (Å²) in [6, 6.07) is 1.58. The van der Waals surface area contributed by atoms with Gasteiger partial charge in [-0.25, -0.2) is 5.06 Å². The van der Waals surface area contributed by atoms with Crippen molar-refractivity contribution in [1.82, 2.24) is 10.0 Å². The van der Waals surface area contributed by atoms with Gasteiger partial charge in [0.15, 0.2) is 0 Å². The number of pyridine rings is 1. The minimum atomic E-state index is -0.259. The molecule has 1 amide bonds. The van der Waals surface area contributed by atoms with Crippen molar-refractivity contribution in [2.45, 2.75) is 6.92 Å². The monoisotopic (exact) mass is 195 g/mol. The minimum absolute atomic E-state index is 0.259. The van der Waals surface area contributed by atoms with Gasteiger partial charge in [-0.3, -0.25) is 14.6 Å². The molecule has 0 fully saturated rings. The Morgan fingerprint density at radius 2 is 2.29 bits per heavy atom. The van der Waals surface area contributed by atoms with Crippen LogP contribution in [0.25, 0.3) is 0 Å². The average Bonchev–Trinajstić information content (AvgIpc) is 2.19. The fourth-order valence-corrected chi connectivity index (χ4v) is 1.02. The molecule has 0 spiro atoms. The van der Waals surface area contributed by atoms with Crippen molar-refractivity contribution in [2.75, 3.05) is 19.9 Å². The first-order valence-electron chi connectivity index (χ1n) is 4.10. The third-order valence-electron chi connectivity index (χ3n) is 1.90. The minimum Gasteiger partial charge on any atom is -0.397 e. The van der Waals surface area contributed by atoms with Crippen molar-refractivity contribution < 1.29 is 9.63 Å². The van der Waals surface area contributed by atoms with Gasteiger partial charge < -0.3 is 5.73 Å². The number of carbonyl (C=O) groups excluding carboxylic acids is 1. The third kappa shape index (κ3) is 2.00. The molecular formula is C9H13N3O2. The lowest BCUT2D eigenvalue weighted by molar-refractivity contribution is -0.0757. The van der Waals surface area contributed by atoms with Crippen LogP contribution in [-0.4, -0.2) is 30.1 Å². The number of nitrogen functional groups attached to an aromatic ring is 1. The van der Waals surface area contributed by atoms with Crippen LogP contribution in [-0.2, 0) is 4.84 Å². The maximum Gasteiger partial charge on any atom is 0.279 e. The molecule has 5 nitrogen and oxygen atoms in total. The number of hydroxylamine groups is 2. The molecule has 1 aromatic rings. The lowest BCUT2D eigenvalue weighted by Crippen LogP contribution is -2.26. The number of rotatable bonds is 2. The van der Waals surface area contributed by atoms with Crippen molar-refractivity contribution in [3.63, 3.8) is 0 Å². The molecule has 14 heavy (non-hydrogen) atoms. The first kappa shape index (κ1) is 10.5. The Kier molecular flexibility index (Phi) is 3.03. The highest BCUT2D eigenvalue weighted by Crippen LogP contribution is 2.11. The van der Waals surface area contributed by atoms with Gasteiger partial charge in [-0.1, -0.05) is 0 Å². The third-order valence-corrected chi connectivity index (χ3v) is 1.90. The van der Waals surface area contributed by atoms with Crippen molar-refractivity contribution >= 4 is 11.6 Å². The number of anilines is 1. The second kappa shape index (κ2) is 4.06. The molecule has 0 aliphatic rings. The average molecular weight is 195 g/mol. The molecule has 0 atom stereocenters. The largest absolute Gasteiger partial charge is 0.397 e. The Morgan fingerprint density at radius 3 is 2.86 bits per heavy atom. The van der Waals surface area contributed by atoms with Crippen LogP contribution < -0.4 is 5.73 Å². The first-order valence-corrected chi connectivity index (χ1v) is 4.10. The number of hydrogen-bond acceptors (Lipinski definition) is 4. The summed E-state index contributed by atoms with van der Waals surface area (Å²) in [5.74, 6) is -0.259. The number of nitrogens with zero attached hydrogens (tertiary/aromatic N) is 2. The molecule has 1 heterocycles. The molecule has 0 saturated heterocycles. The smallest absolute Gasteiger partial charge is 0.279 e. The van der Waals surface area contributed by atoms with Crippen LogP contribution in [0.4, 0.5) is 5.69 Å². The van der Waals surface area contributed by atoms with E-state index in [1.807, 2.05) is 0 Å². The highest BCUT2D eigenvalue weighted by atomic mass is 16.7. The summed E-state index contributed by atoms with van der Waals surface area (Å²) in [4.78, 5) is 20.4. The molecule has 0 aliphatic carbocycles. The van der Waals surface area contributed by atoms with Gasteiger partial charge in [-0.15, -0.1) is 0 Å². The Bertz CT molecular complexity index is 352. The molecule has 0 bridgehead atoms. The summed E-state index contributed by atoms with van der Waals surface area (Å²) in [6.07, 6.45) is 1.51. The Labute approximate surface area is 82.4 Å². The Morgan fingerprint density at radius 1 is 1.64 bits per heavy atom. The molecule has 0 unspecified atom stereocenters. The van der Waals surface area contributed by atoms with E-state index in [-0.39, 0.29) is 5.91 Å². The zero-order chi connectivity index (χ0) is 10.7. The number of aryl methyl sites for hydroxylation is 1. The van der Waals surface area contributed by atoms with E-state index < -0.39 is 0 Å². The van der Waals surface area contributed by atoms with Gasteiger partial charge in [0.25, 0.3) is 5.91 Å². The predicted octanol–water partition coefficient (Wildman–Crippen LogP) is 0.606. The first-order chi connectivity index (χ1) is 6.56. The van der Waals surface area contributed by atoms with E-state index in [0.29, 0.717) is 16.9 Å². The van der Waals surface area contributed by atoms with Crippen LogP contribution in [0.15, 0.2) is 12.3 Å². The van der Waals surface area contributed by atoms with E-state index >= 15 is 0 Å². The van der Waals surface area contributed by atoms with Crippen molar-refractivity contribution in [1.29, 1.82) is 0 Å². The predicted molar refractivity (Wildman–Crippen MR) is 52.5 cm³/mol. The SMILES string of the molecule is CON(C)C(=O)c1cc(N)cnc1C. The summed E-state index contributed by atoms with van der Waals surface area (Å²) in [7, 11) is 2.96. The van der Waals surface area contributed by atoms with Crippen LogP contribution in [0, 0.1) is 6.92 Å². The summed E-state index contributed by atoms with van der Waals surface area (Å²) in [6.45, 7) is 1.75. The van der Waals surface area contributed by atoms with Gasteiger partial charge in [0, 0.05) is 7.05 Å². The van der Waals surface area contributed by atoms with Crippen LogP contribution in [0.1, 0.15) is 16.1 Å². The van der Waals surface area contributed by atoms with Gasteiger partial charge in [0.2, 0.25) is 0 Å². The fraction of sp³-hybridized carbons (Fsp3) is 0.333. The quantitative estimate of drug-likeness (QED) is 0.702. The molecule has 1 aromatic heterocycles. The van der Waals surface area contributed by atoms with Crippen LogP contribution in [0.5, 0.6) is 0 Å². The Balaban J connectivity index is 3.06. The summed E-state index contributed by atoms with van der Waals surface area (Å²) in [5, 5.41) is 1.13. The maximum absolute atomic E-state index is 11.7. The van der Waals surface area contributed by atoms with E-state index in [1.54, 1.807) is 13.0 Å². The second-order valence-corrected chi connectivity index (χ2v) is 2.89. The van der Waals surface area contributed by atoms with Gasteiger partial charge in [0.1, 0.15) is 0 Å². The van der Waals surface area contributed by atoms with E-state index in [0.717, 1.165) is 5.06 Å². The summed E-state index contributed by atoms with van der Waals surface area (Å²) >= 11 is 0. The number of aromatic nitrogens is 1. The summed E-state index contributed by atoms with van der Waals surface area (Å²) < 4.78 is 0. The molecule has 0 saturated carbocycles. The number of nitrogens with two attached hydrogens (primary N) is 1. The number of amides is 1. The molecule has 5 heteroatoms.